The van der Waals surface area contributed by atoms with Crippen LogP contribution >= 0.6 is 0 Å². The molecule has 0 atom stereocenters. The van der Waals surface area contributed by atoms with Crippen LogP contribution in [0.2, 0.25) is 0 Å². The minimum atomic E-state index is -0.922. The van der Waals surface area contributed by atoms with Crippen LogP contribution < -0.4 is 5.73 Å². The Morgan fingerprint density at radius 2 is 2.17 bits per heavy atom. The number of aryl methyl sites for hydroxylation is 1. The number of aromatic carboxylic acids is 1. The highest BCUT2D eigenvalue weighted by atomic mass is 16.4. The predicted molar refractivity (Wildman–Crippen MR) is 70.8 cm³/mol. The Morgan fingerprint density at radius 1 is 1.39 bits per heavy atom. The standard InChI is InChI=1S/C14H16N2O2/c1-2-9-3-4-13-11(7-9)12(14(17)18)8-10(16-13)5-6-15/h3-4,7-8H,2,5-6,15H2,1H3,(H,17,18). The third-order valence-corrected chi connectivity index (χ3v) is 2.97. The lowest BCUT2D eigenvalue weighted by molar-refractivity contribution is 0.0699. The highest BCUT2D eigenvalue weighted by molar-refractivity contribution is 6.02. The zero-order valence-corrected chi connectivity index (χ0v) is 10.3. The van der Waals surface area contributed by atoms with Gasteiger partial charge in [-0.05, 0) is 36.7 Å². The minimum Gasteiger partial charge on any atom is -0.478 e. The number of carboxylic acids is 1. The normalized spacial score (nSPS) is 10.8. The van der Waals surface area contributed by atoms with Crippen molar-refractivity contribution in [2.45, 2.75) is 19.8 Å². The van der Waals surface area contributed by atoms with Crippen LogP contribution in [-0.2, 0) is 12.8 Å². The van der Waals surface area contributed by atoms with Gasteiger partial charge < -0.3 is 10.8 Å². The number of rotatable bonds is 4. The predicted octanol–water partition coefficient (Wildman–Crippen LogP) is 2.00. The first-order valence-electron chi connectivity index (χ1n) is 6.01. The van der Waals surface area contributed by atoms with E-state index in [9.17, 15) is 9.90 Å². The van der Waals surface area contributed by atoms with Crippen molar-refractivity contribution >= 4 is 16.9 Å². The molecule has 0 amide bonds. The number of nitrogens with zero attached hydrogens (tertiary/aromatic N) is 1. The second kappa shape index (κ2) is 5.14. The van der Waals surface area contributed by atoms with Crippen molar-refractivity contribution in [1.82, 2.24) is 4.98 Å². The molecule has 18 heavy (non-hydrogen) atoms. The first-order valence-corrected chi connectivity index (χ1v) is 6.01. The largest absolute Gasteiger partial charge is 0.478 e. The summed E-state index contributed by atoms with van der Waals surface area (Å²) in [7, 11) is 0. The molecule has 3 N–H and O–H groups in total. The van der Waals surface area contributed by atoms with Crippen molar-refractivity contribution in [2.24, 2.45) is 5.73 Å². The lowest BCUT2D eigenvalue weighted by Crippen LogP contribution is -2.07. The molecule has 0 radical (unpaired) electrons. The minimum absolute atomic E-state index is 0.304. The number of benzene rings is 1. The van der Waals surface area contributed by atoms with Gasteiger partial charge in [-0.25, -0.2) is 4.79 Å². The fraction of sp³-hybridized carbons (Fsp3) is 0.286. The number of carboxylic acid groups (broad SMARTS) is 1. The maximum absolute atomic E-state index is 11.3. The summed E-state index contributed by atoms with van der Waals surface area (Å²) in [6.45, 7) is 2.50. The topological polar surface area (TPSA) is 76.2 Å². The summed E-state index contributed by atoms with van der Waals surface area (Å²) in [5, 5.41) is 9.98. The third kappa shape index (κ3) is 2.33. The van der Waals surface area contributed by atoms with E-state index in [2.05, 4.69) is 4.98 Å². The second-order valence-electron chi connectivity index (χ2n) is 4.21. The van der Waals surface area contributed by atoms with E-state index < -0.39 is 5.97 Å². The van der Waals surface area contributed by atoms with Crippen molar-refractivity contribution in [3.63, 3.8) is 0 Å². The molecule has 0 aliphatic heterocycles. The molecule has 1 aromatic carbocycles. The summed E-state index contributed by atoms with van der Waals surface area (Å²) in [5.41, 5.74) is 8.35. The Bertz CT molecular complexity index is 594. The second-order valence-corrected chi connectivity index (χ2v) is 4.21. The van der Waals surface area contributed by atoms with Crippen molar-refractivity contribution in [3.05, 3.63) is 41.1 Å². The van der Waals surface area contributed by atoms with Crippen LogP contribution in [0.4, 0.5) is 0 Å². The molecule has 0 spiro atoms. The molecule has 2 aromatic rings. The molecule has 0 saturated carbocycles. The van der Waals surface area contributed by atoms with Gasteiger partial charge >= 0.3 is 5.97 Å². The van der Waals surface area contributed by atoms with Crippen molar-refractivity contribution in [1.29, 1.82) is 0 Å². The Balaban J connectivity index is 2.68. The van der Waals surface area contributed by atoms with Crippen LogP contribution in [0.3, 0.4) is 0 Å². The number of hydrogen-bond donors (Lipinski definition) is 2. The smallest absolute Gasteiger partial charge is 0.336 e. The van der Waals surface area contributed by atoms with Crippen LogP contribution in [0.25, 0.3) is 10.9 Å². The van der Waals surface area contributed by atoms with Crippen LogP contribution in [-0.4, -0.2) is 22.6 Å². The van der Waals surface area contributed by atoms with Gasteiger partial charge in [-0.2, -0.15) is 0 Å². The van der Waals surface area contributed by atoms with Gasteiger partial charge in [0.25, 0.3) is 0 Å². The molecule has 0 aliphatic rings. The number of hydrogen-bond acceptors (Lipinski definition) is 3. The quantitative estimate of drug-likeness (QED) is 0.862. The Kier molecular flexibility index (Phi) is 3.58. The molecular weight excluding hydrogens is 228 g/mol. The summed E-state index contributed by atoms with van der Waals surface area (Å²) < 4.78 is 0. The summed E-state index contributed by atoms with van der Waals surface area (Å²) in [5.74, 6) is -0.922. The van der Waals surface area contributed by atoms with Crippen LogP contribution in [0.1, 0.15) is 28.5 Å². The number of nitrogens with two attached hydrogens (primary N) is 1. The lowest BCUT2D eigenvalue weighted by Gasteiger charge is -2.07. The monoisotopic (exact) mass is 244 g/mol. The van der Waals surface area contributed by atoms with Crippen LogP contribution in [0.15, 0.2) is 24.3 Å². The first-order chi connectivity index (χ1) is 8.65. The molecule has 0 unspecified atom stereocenters. The zero-order chi connectivity index (χ0) is 13.1. The summed E-state index contributed by atoms with van der Waals surface area (Å²) in [6.07, 6.45) is 1.46. The van der Waals surface area contributed by atoms with E-state index in [0.717, 1.165) is 23.2 Å². The van der Waals surface area contributed by atoms with E-state index in [1.165, 1.54) is 0 Å². The molecule has 0 aliphatic carbocycles. The van der Waals surface area contributed by atoms with Crippen molar-refractivity contribution in [3.8, 4) is 0 Å². The molecule has 0 saturated heterocycles. The van der Waals surface area contributed by atoms with E-state index in [0.29, 0.717) is 23.9 Å². The van der Waals surface area contributed by atoms with Gasteiger partial charge in [0.15, 0.2) is 0 Å². The van der Waals surface area contributed by atoms with E-state index in [1.807, 2.05) is 25.1 Å². The molecule has 2 rings (SSSR count). The Morgan fingerprint density at radius 3 is 2.78 bits per heavy atom. The molecule has 4 heteroatoms. The van der Waals surface area contributed by atoms with Gasteiger partial charge in [-0.15, -0.1) is 0 Å². The molecule has 1 heterocycles. The summed E-state index contributed by atoms with van der Waals surface area (Å²) in [6, 6.07) is 7.38. The van der Waals surface area contributed by atoms with Gasteiger partial charge in [0.1, 0.15) is 0 Å². The van der Waals surface area contributed by atoms with E-state index in [4.69, 9.17) is 5.73 Å². The number of aromatic nitrogens is 1. The van der Waals surface area contributed by atoms with Crippen molar-refractivity contribution in [2.75, 3.05) is 6.54 Å². The van der Waals surface area contributed by atoms with Crippen LogP contribution in [0.5, 0.6) is 0 Å². The first kappa shape index (κ1) is 12.5. The maximum Gasteiger partial charge on any atom is 0.336 e. The molecule has 0 bridgehead atoms. The number of pyridine rings is 1. The van der Waals surface area contributed by atoms with Gasteiger partial charge in [0.05, 0.1) is 11.1 Å². The SMILES string of the molecule is CCc1ccc2nc(CCN)cc(C(=O)O)c2c1. The van der Waals surface area contributed by atoms with E-state index in [1.54, 1.807) is 6.07 Å². The zero-order valence-electron chi connectivity index (χ0n) is 10.3. The average molecular weight is 244 g/mol. The average Bonchev–Trinajstić information content (AvgIpc) is 2.37. The summed E-state index contributed by atoms with van der Waals surface area (Å²) >= 11 is 0. The molecule has 0 fully saturated rings. The Hall–Kier alpha value is -1.94. The van der Waals surface area contributed by atoms with E-state index >= 15 is 0 Å². The van der Waals surface area contributed by atoms with Gasteiger partial charge in [-0.1, -0.05) is 13.0 Å². The molecule has 1 aromatic heterocycles. The lowest BCUT2D eigenvalue weighted by atomic mass is 10.0. The van der Waals surface area contributed by atoms with Gasteiger partial charge in [0.2, 0.25) is 0 Å². The highest BCUT2D eigenvalue weighted by Gasteiger charge is 2.12. The molecule has 4 nitrogen and oxygen atoms in total. The van der Waals surface area contributed by atoms with Gasteiger partial charge in [0, 0.05) is 17.5 Å². The third-order valence-electron chi connectivity index (χ3n) is 2.97. The number of fused-ring (bicyclic) bond motifs is 1. The van der Waals surface area contributed by atoms with Crippen molar-refractivity contribution < 1.29 is 9.90 Å². The highest BCUT2D eigenvalue weighted by Crippen LogP contribution is 2.21. The van der Waals surface area contributed by atoms with Crippen LogP contribution in [0, 0.1) is 0 Å². The molecular formula is C14H16N2O2. The van der Waals surface area contributed by atoms with Gasteiger partial charge in [-0.3, -0.25) is 4.98 Å². The molecule has 94 valence electrons. The van der Waals surface area contributed by atoms with E-state index in [-0.39, 0.29) is 0 Å². The maximum atomic E-state index is 11.3. The Labute approximate surface area is 105 Å². The number of carbonyl (C=O) groups is 1. The fourth-order valence-electron chi connectivity index (χ4n) is 2.00. The summed E-state index contributed by atoms with van der Waals surface area (Å²) in [4.78, 5) is 15.8. The fourth-order valence-corrected chi connectivity index (χ4v) is 2.00.